The van der Waals surface area contributed by atoms with E-state index in [0.29, 0.717) is 8.59 Å². The molecule has 0 unspecified atom stereocenters. The summed E-state index contributed by atoms with van der Waals surface area (Å²) in [5.41, 5.74) is 0. The van der Waals surface area contributed by atoms with Crippen LogP contribution in [0, 0.1) is 3.57 Å². The van der Waals surface area contributed by atoms with Crippen molar-refractivity contribution in [2.24, 2.45) is 0 Å². The van der Waals surface area contributed by atoms with Crippen LogP contribution in [-0.2, 0) is 6.14 Å². The number of hydrogen-bond donors (Lipinski definition) is 0. The number of halogens is 2. The molecule has 10 heavy (non-hydrogen) atoms. The maximum atomic E-state index is 10.4. The van der Waals surface area contributed by atoms with E-state index in [1.807, 2.05) is 0 Å². The monoisotopic (exact) mass is 270 g/mol. The number of rotatable bonds is 1. The van der Waals surface area contributed by atoms with Crippen molar-refractivity contribution in [2.45, 2.75) is 0 Å². The lowest BCUT2D eigenvalue weighted by Gasteiger charge is -1.87. The van der Waals surface area contributed by atoms with Gasteiger partial charge in [0.25, 0.3) is 0 Å². The van der Waals surface area contributed by atoms with Crippen molar-refractivity contribution >= 4 is 31.4 Å². The molecule has 0 aliphatic heterocycles. The van der Waals surface area contributed by atoms with Crippen LogP contribution < -0.4 is 0 Å². The minimum Gasteiger partial charge on any atom is -0.230 e. The summed E-state index contributed by atoms with van der Waals surface area (Å²) < 4.78 is 21.2. The predicted octanol–water partition coefficient (Wildman–Crippen LogP) is 2.71. The van der Waals surface area contributed by atoms with Gasteiger partial charge in [0.2, 0.25) is 0 Å². The molecule has 0 bridgehead atoms. The first-order chi connectivity index (χ1) is 4.70. The highest BCUT2D eigenvalue weighted by atomic mass is 127. The fourth-order valence-electron chi connectivity index (χ4n) is 0.556. The summed E-state index contributed by atoms with van der Waals surface area (Å²) in [6.07, 6.45) is 0. The predicted molar refractivity (Wildman–Crippen MR) is 45.5 cm³/mol. The Morgan fingerprint density at radius 1 is 1.30 bits per heavy atom. The van der Waals surface area contributed by atoms with Gasteiger partial charge in [0.1, 0.15) is 0 Å². The second kappa shape index (κ2) is 3.30. The third-order valence-electron chi connectivity index (χ3n) is 0.965. The second-order valence-corrected chi connectivity index (χ2v) is 4.58. The van der Waals surface area contributed by atoms with Crippen molar-refractivity contribution in [3.8, 4) is 0 Å². The van der Waals surface area contributed by atoms with Gasteiger partial charge in [-0.15, -0.1) is 0 Å². The summed E-state index contributed by atoms with van der Waals surface area (Å²) in [7, 11) is 0. The number of hydrogen-bond acceptors (Lipinski definition) is 2. The first kappa shape index (κ1) is 7.94. The van der Waals surface area contributed by atoms with E-state index in [9.17, 15) is 6.14 Å². The standard InChI is InChI=1S/C6H4ClIO2/c7-5-2-1-3-6(4-5)8(9)10/h1-4H. The molecule has 0 aromatic heterocycles. The lowest BCUT2D eigenvalue weighted by Crippen LogP contribution is -1.69. The minimum atomic E-state index is -3.30. The van der Waals surface area contributed by atoms with Gasteiger partial charge in [-0.3, -0.25) is 0 Å². The zero-order chi connectivity index (χ0) is 7.56. The molecule has 0 fully saturated rings. The SMILES string of the molecule is O=I(=O)c1cccc(Cl)c1. The van der Waals surface area contributed by atoms with E-state index in [4.69, 9.17) is 11.6 Å². The molecule has 0 spiro atoms. The maximum Gasteiger partial charge on any atom is 0.340 e. The van der Waals surface area contributed by atoms with Crippen molar-refractivity contribution in [1.82, 2.24) is 0 Å². The normalized spacial score (nSPS) is 10.2. The first-order valence-corrected chi connectivity index (χ1v) is 5.73. The summed E-state index contributed by atoms with van der Waals surface area (Å²) in [5, 5.41) is 0.464. The van der Waals surface area contributed by atoms with Crippen LogP contribution in [0.4, 0.5) is 0 Å². The summed E-state index contributed by atoms with van der Waals surface area (Å²) in [6.45, 7) is 0. The Morgan fingerprint density at radius 2 is 2.00 bits per heavy atom. The smallest absolute Gasteiger partial charge is 0.230 e. The molecule has 2 nitrogen and oxygen atoms in total. The van der Waals surface area contributed by atoms with Crippen LogP contribution in [0.2, 0.25) is 5.02 Å². The van der Waals surface area contributed by atoms with Crippen molar-refractivity contribution in [3.05, 3.63) is 32.9 Å². The van der Waals surface area contributed by atoms with Gasteiger partial charge < -0.3 is 0 Å². The van der Waals surface area contributed by atoms with Crippen molar-refractivity contribution in [1.29, 1.82) is 0 Å². The molecule has 0 radical (unpaired) electrons. The molecule has 1 rings (SSSR count). The van der Waals surface area contributed by atoms with E-state index < -0.39 is 19.8 Å². The Bertz CT molecular complexity index is 298. The molecule has 0 saturated heterocycles. The maximum absolute atomic E-state index is 10.4. The van der Waals surface area contributed by atoms with Gasteiger partial charge in [-0.25, -0.2) is 6.14 Å². The van der Waals surface area contributed by atoms with Crippen LogP contribution in [0.25, 0.3) is 0 Å². The average molecular weight is 270 g/mol. The molecular weight excluding hydrogens is 266 g/mol. The van der Waals surface area contributed by atoms with Gasteiger partial charge in [-0.05, 0) is 18.2 Å². The third-order valence-corrected chi connectivity index (χ3v) is 2.89. The summed E-state index contributed by atoms with van der Waals surface area (Å²) in [4.78, 5) is 0. The van der Waals surface area contributed by atoms with Gasteiger partial charge >= 0.3 is 19.8 Å². The Morgan fingerprint density at radius 3 is 2.40 bits per heavy atom. The highest BCUT2D eigenvalue weighted by Crippen LogP contribution is 2.19. The highest BCUT2D eigenvalue weighted by molar-refractivity contribution is 14.2. The highest BCUT2D eigenvalue weighted by Gasteiger charge is 1.96. The van der Waals surface area contributed by atoms with Gasteiger partial charge in [0.15, 0.2) is 0 Å². The lowest BCUT2D eigenvalue weighted by molar-refractivity contribution is 0.610. The molecule has 1 aromatic rings. The Hall–Kier alpha value is -0.160. The van der Waals surface area contributed by atoms with E-state index >= 15 is 0 Å². The van der Waals surface area contributed by atoms with Crippen LogP contribution in [0.5, 0.6) is 0 Å². The summed E-state index contributed by atoms with van der Waals surface area (Å²) in [6, 6.07) is 6.26. The minimum absolute atomic E-state index is 0.344. The lowest BCUT2D eigenvalue weighted by atomic mass is 10.4. The molecule has 54 valence electrons. The molecule has 0 aliphatic carbocycles. The fourth-order valence-corrected chi connectivity index (χ4v) is 2.02. The zero-order valence-corrected chi connectivity index (χ0v) is 7.80. The molecule has 0 N–H and O–H groups in total. The van der Waals surface area contributed by atoms with Crippen LogP contribution in [0.3, 0.4) is 0 Å². The van der Waals surface area contributed by atoms with E-state index in [-0.39, 0.29) is 0 Å². The summed E-state index contributed by atoms with van der Waals surface area (Å²) >= 11 is 2.24. The largest absolute Gasteiger partial charge is 0.340 e. The van der Waals surface area contributed by atoms with Crippen molar-refractivity contribution in [3.63, 3.8) is 0 Å². The molecule has 1 aromatic carbocycles. The van der Waals surface area contributed by atoms with Gasteiger partial charge in [0, 0.05) is 5.02 Å². The quantitative estimate of drug-likeness (QED) is 0.735. The van der Waals surface area contributed by atoms with Crippen molar-refractivity contribution < 1.29 is 6.14 Å². The van der Waals surface area contributed by atoms with Crippen LogP contribution in [0.1, 0.15) is 0 Å². The van der Waals surface area contributed by atoms with Crippen LogP contribution in [-0.4, -0.2) is 0 Å². The summed E-state index contributed by atoms with van der Waals surface area (Å²) in [5.74, 6) is 0. The van der Waals surface area contributed by atoms with E-state index in [2.05, 4.69) is 0 Å². The second-order valence-electron chi connectivity index (χ2n) is 1.66. The van der Waals surface area contributed by atoms with Gasteiger partial charge in [0.05, 0.1) is 3.57 Å². The zero-order valence-electron chi connectivity index (χ0n) is 4.88. The topological polar surface area (TPSA) is 34.1 Å². The first-order valence-electron chi connectivity index (χ1n) is 2.51. The van der Waals surface area contributed by atoms with Gasteiger partial charge in [-0.2, -0.15) is 0 Å². The number of benzene rings is 1. The van der Waals surface area contributed by atoms with E-state index in [1.165, 1.54) is 12.1 Å². The Balaban J connectivity index is 3.19. The molecular formula is C6H4ClIO2. The Kier molecular flexibility index (Phi) is 2.62. The van der Waals surface area contributed by atoms with Gasteiger partial charge in [-0.1, -0.05) is 17.7 Å². The van der Waals surface area contributed by atoms with E-state index in [0.717, 1.165) is 0 Å². The molecule has 0 amide bonds. The average Bonchev–Trinajstić information content (AvgIpc) is 1.88. The molecule has 0 saturated carbocycles. The molecule has 0 heterocycles. The molecule has 4 heteroatoms. The van der Waals surface area contributed by atoms with Crippen LogP contribution in [0.15, 0.2) is 24.3 Å². The Labute approximate surface area is 70.3 Å². The fraction of sp³-hybridized carbons (Fsp3) is 0. The van der Waals surface area contributed by atoms with E-state index in [1.54, 1.807) is 12.1 Å². The third kappa shape index (κ3) is 1.91. The van der Waals surface area contributed by atoms with Crippen LogP contribution >= 0.6 is 31.4 Å². The van der Waals surface area contributed by atoms with Crippen molar-refractivity contribution in [2.75, 3.05) is 0 Å². The molecule has 0 aliphatic rings. The molecule has 0 atom stereocenters.